The molecule has 0 aliphatic carbocycles. The van der Waals surface area contributed by atoms with E-state index in [0.717, 1.165) is 5.52 Å². The number of thiazole rings is 1. The summed E-state index contributed by atoms with van der Waals surface area (Å²) in [6, 6.07) is 11.3. The number of carbonyl (C=O) groups excluding carboxylic acids is 1. The number of hydrogen-bond acceptors (Lipinski definition) is 6. The maximum Gasteiger partial charge on any atom is 0.279 e. The average Bonchev–Trinajstić information content (AvgIpc) is 3.02. The topological polar surface area (TPSA) is 96.0 Å². The van der Waals surface area contributed by atoms with Gasteiger partial charge in [0.2, 0.25) is 0 Å². The number of hydrogen-bond donors (Lipinski definition) is 0. The third-order valence-electron chi connectivity index (χ3n) is 3.91. The van der Waals surface area contributed by atoms with E-state index in [2.05, 4.69) is 4.99 Å². The largest absolute Gasteiger partial charge is 0.497 e. The molecule has 0 spiro atoms. The minimum Gasteiger partial charge on any atom is -0.497 e. The second-order valence-corrected chi connectivity index (χ2v) is 6.60. The van der Waals surface area contributed by atoms with Crippen molar-refractivity contribution in [2.24, 2.45) is 4.99 Å². The van der Waals surface area contributed by atoms with Crippen molar-refractivity contribution in [1.82, 2.24) is 4.57 Å². The molecule has 3 rings (SSSR count). The van der Waals surface area contributed by atoms with Crippen molar-refractivity contribution in [3.63, 3.8) is 0 Å². The molecular weight excluding hydrogens is 370 g/mol. The van der Waals surface area contributed by atoms with E-state index >= 15 is 0 Å². The molecule has 3 aromatic rings. The summed E-state index contributed by atoms with van der Waals surface area (Å²) in [7, 11) is 3.11. The fraction of sp³-hybridized carbons (Fsp3) is 0.222. The van der Waals surface area contributed by atoms with E-state index < -0.39 is 10.8 Å². The van der Waals surface area contributed by atoms with E-state index in [1.165, 1.54) is 30.6 Å². The van der Waals surface area contributed by atoms with Gasteiger partial charge in [0.25, 0.3) is 11.6 Å². The van der Waals surface area contributed by atoms with Gasteiger partial charge in [-0.15, -0.1) is 0 Å². The van der Waals surface area contributed by atoms with Crippen LogP contribution in [0, 0.1) is 10.1 Å². The van der Waals surface area contributed by atoms with Crippen molar-refractivity contribution < 1.29 is 19.2 Å². The summed E-state index contributed by atoms with van der Waals surface area (Å²) >= 11 is 1.22. The molecule has 9 heteroatoms. The Hall–Kier alpha value is -3.04. The van der Waals surface area contributed by atoms with Gasteiger partial charge in [-0.05, 0) is 24.3 Å². The lowest BCUT2D eigenvalue weighted by atomic mass is 10.2. The van der Waals surface area contributed by atoms with Crippen LogP contribution in [-0.4, -0.2) is 36.2 Å². The van der Waals surface area contributed by atoms with Gasteiger partial charge in [-0.1, -0.05) is 17.4 Å². The number of nitro groups is 1. The first-order valence-electron chi connectivity index (χ1n) is 8.03. The van der Waals surface area contributed by atoms with Crippen LogP contribution in [0.3, 0.4) is 0 Å². The van der Waals surface area contributed by atoms with Crippen molar-refractivity contribution in [1.29, 1.82) is 0 Å². The highest BCUT2D eigenvalue weighted by atomic mass is 32.1. The zero-order valence-corrected chi connectivity index (χ0v) is 15.6. The number of amides is 1. The molecular formula is C18H17N3O5S. The molecule has 0 fully saturated rings. The summed E-state index contributed by atoms with van der Waals surface area (Å²) in [5, 5.41) is 11.0. The lowest BCUT2D eigenvalue weighted by molar-refractivity contribution is -0.384. The van der Waals surface area contributed by atoms with Crippen LogP contribution >= 0.6 is 11.3 Å². The fourth-order valence-electron chi connectivity index (χ4n) is 2.57. The van der Waals surface area contributed by atoms with Crippen LogP contribution in [0.5, 0.6) is 5.75 Å². The standard InChI is InChI=1S/C18H17N3O5S/c1-25-9-8-20-15-7-6-13(21(23)24)11-16(15)27-18(20)19-17(22)12-4-3-5-14(10-12)26-2/h3-7,10-11H,8-9H2,1-2H3. The van der Waals surface area contributed by atoms with Crippen molar-refractivity contribution in [3.8, 4) is 5.75 Å². The van der Waals surface area contributed by atoms with Crippen molar-refractivity contribution in [3.05, 3.63) is 62.9 Å². The van der Waals surface area contributed by atoms with Crippen LogP contribution in [0.15, 0.2) is 47.5 Å². The number of methoxy groups -OCH3 is 2. The second kappa shape index (κ2) is 8.11. The molecule has 0 saturated heterocycles. The Morgan fingerprint density at radius 3 is 2.78 bits per heavy atom. The van der Waals surface area contributed by atoms with Crippen molar-refractivity contribution in [2.75, 3.05) is 20.8 Å². The first-order valence-corrected chi connectivity index (χ1v) is 8.85. The van der Waals surface area contributed by atoms with Gasteiger partial charge in [-0.3, -0.25) is 14.9 Å². The van der Waals surface area contributed by atoms with Crippen LogP contribution in [-0.2, 0) is 11.3 Å². The monoisotopic (exact) mass is 387 g/mol. The zero-order chi connectivity index (χ0) is 19.4. The molecule has 140 valence electrons. The highest BCUT2D eigenvalue weighted by Gasteiger charge is 2.13. The maximum atomic E-state index is 12.6. The lowest BCUT2D eigenvalue weighted by Crippen LogP contribution is -2.19. The van der Waals surface area contributed by atoms with Gasteiger partial charge in [0.05, 0.1) is 28.9 Å². The molecule has 1 heterocycles. The Kier molecular flexibility index (Phi) is 5.63. The molecule has 0 aliphatic heterocycles. The number of nitro benzene ring substituents is 1. The number of aromatic nitrogens is 1. The van der Waals surface area contributed by atoms with Gasteiger partial charge in [0.15, 0.2) is 4.80 Å². The van der Waals surface area contributed by atoms with Gasteiger partial charge in [0, 0.05) is 31.4 Å². The number of rotatable bonds is 6. The van der Waals surface area contributed by atoms with E-state index in [9.17, 15) is 14.9 Å². The Bertz CT molecular complexity index is 1070. The molecule has 1 aromatic heterocycles. The lowest BCUT2D eigenvalue weighted by Gasteiger charge is -2.04. The average molecular weight is 387 g/mol. The number of non-ortho nitro benzene ring substituents is 1. The number of ether oxygens (including phenoxy) is 2. The molecule has 0 unspecified atom stereocenters. The number of nitrogens with zero attached hydrogens (tertiary/aromatic N) is 3. The van der Waals surface area contributed by atoms with E-state index in [4.69, 9.17) is 9.47 Å². The minimum absolute atomic E-state index is 0.00619. The molecule has 2 aromatic carbocycles. The Labute approximate surface area is 158 Å². The smallest absolute Gasteiger partial charge is 0.279 e. The predicted molar refractivity (Wildman–Crippen MR) is 101 cm³/mol. The van der Waals surface area contributed by atoms with Gasteiger partial charge in [-0.2, -0.15) is 4.99 Å². The Balaban J connectivity index is 2.11. The van der Waals surface area contributed by atoms with Crippen molar-refractivity contribution in [2.45, 2.75) is 6.54 Å². The molecule has 1 amide bonds. The Morgan fingerprint density at radius 2 is 2.07 bits per heavy atom. The molecule has 27 heavy (non-hydrogen) atoms. The summed E-state index contributed by atoms with van der Waals surface area (Å²) in [4.78, 5) is 27.9. The van der Waals surface area contributed by atoms with Crippen LogP contribution in [0.4, 0.5) is 5.69 Å². The molecule has 8 nitrogen and oxygen atoms in total. The first-order chi connectivity index (χ1) is 13.0. The van der Waals surface area contributed by atoms with E-state index in [0.29, 0.717) is 34.0 Å². The summed E-state index contributed by atoms with van der Waals surface area (Å²) in [6.07, 6.45) is 0. The Morgan fingerprint density at radius 1 is 1.26 bits per heavy atom. The van der Waals surface area contributed by atoms with E-state index in [-0.39, 0.29) is 5.69 Å². The van der Waals surface area contributed by atoms with Crippen LogP contribution in [0.25, 0.3) is 10.2 Å². The van der Waals surface area contributed by atoms with Crippen LogP contribution in [0.1, 0.15) is 10.4 Å². The molecule has 0 N–H and O–H groups in total. The second-order valence-electron chi connectivity index (χ2n) is 5.59. The molecule has 0 bridgehead atoms. The fourth-order valence-corrected chi connectivity index (χ4v) is 3.65. The van der Waals surface area contributed by atoms with Crippen LogP contribution in [0.2, 0.25) is 0 Å². The van der Waals surface area contributed by atoms with Crippen molar-refractivity contribution >= 4 is 33.1 Å². The number of benzene rings is 2. The molecule has 0 atom stereocenters. The first kappa shape index (κ1) is 18.7. The quantitative estimate of drug-likeness (QED) is 0.478. The summed E-state index contributed by atoms with van der Waals surface area (Å²) in [6.45, 7) is 0.891. The number of carbonyl (C=O) groups is 1. The zero-order valence-electron chi connectivity index (χ0n) is 14.7. The highest BCUT2D eigenvalue weighted by Crippen LogP contribution is 2.23. The summed E-state index contributed by atoms with van der Waals surface area (Å²) < 4.78 is 12.8. The third kappa shape index (κ3) is 4.04. The normalized spacial score (nSPS) is 11.7. The summed E-state index contributed by atoms with van der Waals surface area (Å²) in [5.74, 6) is 0.149. The minimum atomic E-state index is -0.448. The van der Waals surface area contributed by atoms with Gasteiger partial charge < -0.3 is 14.0 Å². The highest BCUT2D eigenvalue weighted by molar-refractivity contribution is 7.16. The van der Waals surface area contributed by atoms with Gasteiger partial charge >= 0.3 is 0 Å². The van der Waals surface area contributed by atoms with E-state index in [1.807, 2.05) is 4.57 Å². The molecule has 0 aliphatic rings. The molecule has 0 saturated carbocycles. The van der Waals surface area contributed by atoms with Gasteiger partial charge in [0.1, 0.15) is 5.75 Å². The molecule has 0 radical (unpaired) electrons. The number of fused-ring (bicyclic) bond motifs is 1. The summed E-state index contributed by atoms with van der Waals surface area (Å²) in [5.41, 5.74) is 1.16. The SMILES string of the molecule is COCCn1c(=NC(=O)c2cccc(OC)c2)sc2cc([N+](=O)[O-])ccc21. The maximum absolute atomic E-state index is 12.6. The van der Waals surface area contributed by atoms with Crippen LogP contribution < -0.4 is 9.54 Å². The van der Waals surface area contributed by atoms with Gasteiger partial charge in [-0.25, -0.2) is 0 Å². The predicted octanol–water partition coefficient (Wildman–Crippen LogP) is 3.01. The third-order valence-corrected chi connectivity index (χ3v) is 4.95. The van der Waals surface area contributed by atoms with E-state index in [1.54, 1.807) is 37.4 Å².